The van der Waals surface area contributed by atoms with Gasteiger partial charge in [0.15, 0.2) is 0 Å². The first-order valence-corrected chi connectivity index (χ1v) is 12.7. The fourth-order valence-corrected chi connectivity index (χ4v) is 4.58. The third-order valence-corrected chi connectivity index (χ3v) is 6.82. The van der Waals surface area contributed by atoms with E-state index in [-0.39, 0.29) is 22.8 Å². The molecule has 0 fully saturated rings. The van der Waals surface area contributed by atoms with E-state index in [1.165, 1.54) is 12.1 Å². The monoisotopic (exact) mass is 493 g/mol. The lowest BCUT2D eigenvalue weighted by atomic mass is 10.0. The molecule has 0 amide bonds. The maximum Gasteiger partial charge on any atom is 0.240 e. The van der Waals surface area contributed by atoms with Crippen molar-refractivity contribution in [2.45, 2.75) is 31.2 Å². The largest absolute Gasteiger partial charge is 0.369 e. The van der Waals surface area contributed by atoms with E-state index in [0.29, 0.717) is 23.6 Å². The van der Waals surface area contributed by atoms with Crippen molar-refractivity contribution in [3.8, 4) is 22.4 Å². The Morgan fingerprint density at radius 2 is 1.71 bits per heavy atom. The topological polar surface area (TPSA) is 88.9 Å². The molecule has 0 bridgehead atoms. The van der Waals surface area contributed by atoms with Crippen LogP contribution < -0.4 is 10.0 Å². The highest BCUT2D eigenvalue weighted by atomic mass is 32.2. The zero-order chi connectivity index (χ0) is 25.1. The molecule has 0 atom stereocenters. The molecule has 7 nitrogen and oxygen atoms in total. The quantitative estimate of drug-likeness (QED) is 0.341. The number of sulfonamides is 1. The van der Waals surface area contributed by atoms with Crippen molar-refractivity contribution in [3.05, 3.63) is 84.9 Å². The zero-order valence-corrected chi connectivity index (χ0v) is 20.7. The smallest absolute Gasteiger partial charge is 0.240 e. The number of benzene rings is 2. The summed E-state index contributed by atoms with van der Waals surface area (Å²) < 4.78 is 43.1. The molecule has 0 aliphatic heterocycles. The van der Waals surface area contributed by atoms with Crippen LogP contribution in [0.15, 0.2) is 84.0 Å². The lowest BCUT2D eigenvalue weighted by molar-refractivity contribution is 0.356. The van der Waals surface area contributed by atoms with Crippen LogP contribution in [-0.2, 0) is 15.6 Å². The molecular formula is C26H28FN5O2S. The van der Waals surface area contributed by atoms with Gasteiger partial charge in [0.05, 0.1) is 10.4 Å². The maximum atomic E-state index is 14.0. The number of hydrogen-bond acceptors (Lipinski definition) is 5. The van der Waals surface area contributed by atoms with E-state index in [0.717, 1.165) is 11.1 Å². The molecule has 2 heterocycles. The molecule has 9 heteroatoms. The molecule has 0 saturated carbocycles. The second kappa shape index (κ2) is 9.97. The van der Waals surface area contributed by atoms with Gasteiger partial charge in [-0.1, -0.05) is 30.3 Å². The third kappa shape index (κ3) is 5.93. The molecule has 4 rings (SSSR count). The second-order valence-electron chi connectivity index (χ2n) is 9.08. The number of aromatic nitrogens is 3. The van der Waals surface area contributed by atoms with Crippen LogP contribution in [0, 0.1) is 5.82 Å². The number of pyridine rings is 1. The average molecular weight is 494 g/mol. The first-order valence-electron chi connectivity index (χ1n) is 11.2. The molecule has 4 aromatic rings. The van der Waals surface area contributed by atoms with Crippen LogP contribution in [0.5, 0.6) is 0 Å². The molecule has 0 radical (unpaired) electrons. The summed E-state index contributed by atoms with van der Waals surface area (Å²) in [5, 5.41) is 7.92. The van der Waals surface area contributed by atoms with Crippen LogP contribution in [-0.4, -0.2) is 36.3 Å². The molecule has 0 aliphatic rings. The van der Waals surface area contributed by atoms with Crippen LogP contribution >= 0.6 is 0 Å². The Balaban J connectivity index is 1.53. The van der Waals surface area contributed by atoms with Gasteiger partial charge in [0.2, 0.25) is 10.0 Å². The number of hydrogen-bond donors (Lipinski definition) is 2. The van der Waals surface area contributed by atoms with Gasteiger partial charge >= 0.3 is 0 Å². The van der Waals surface area contributed by atoms with Gasteiger partial charge in [0.1, 0.15) is 17.3 Å². The summed E-state index contributed by atoms with van der Waals surface area (Å²) in [5.74, 6) is 0.268. The van der Waals surface area contributed by atoms with Gasteiger partial charge in [-0.25, -0.2) is 22.5 Å². The maximum absolute atomic E-state index is 14.0. The van der Waals surface area contributed by atoms with Crippen molar-refractivity contribution in [2.75, 3.05) is 18.4 Å². The van der Waals surface area contributed by atoms with Gasteiger partial charge in [-0.05, 0) is 62.7 Å². The minimum absolute atomic E-state index is 0.194. The summed E-state index contributed by atoms with van der Waals surface area (Å²) in [4.78, 5) is 4.58. The Labute approximate surface area is 205 Å². The van der Waals surface area contributed by atoms with Gasteiger partial charge < -0.3 is 5.32 Å². The van der Waals surface area contributed by atoms with E-state index in [1.54, 1.807) is 42.6 Å². The highest BCUT2D eigenvalue weighted by molar-refractivity contribution is 7.89. The molecular weight excluding hydrogens is 465 g/mol. The first-order chi connectivity index (χ1) is 16.6. The predicted octanol–water partition coefficient (Wildman–Crippen LogP) is 4.90. The Morgan fingerprint density at radius 3 is 2.43 bits per heavy atom. The SMILES string of the molecule is CC(C)(C)n1cc(-c2ccnc(NCCNS(=O)(=O)c3ccccc3)c2)c(-c2cccc(F)c2)n1. The standard InChI is InChI=1S/C26H28FN5O2S/c1-26(2,3)32-18-23(25(31-32)20-8-7-9-21(27)16-20)19-12-13-28-24(17-19)29-14-15-30-35(33,34)22-10-5-4-6-11-22/h4-13,16-18,30H,14-15H2,1-3H3,(H,28,29). The summed E-state index contributed by atoms with van der Waals surface area (Å²) in [7, 11) is -3.57. The molecule has 0 unspecified atom stereocenters. The molecule has 2 aromatic carbocycles. The van der Waals surface area contributed by atoms with E-state index in [9.17, 15) is 12.8 Å². The lowest BCUT2D eigenvalue weighted by Gasteiger charge is -2.18. The van der Waals surface area contributed by atoms with Gasteiger partial charge in [-0.2, -0.15) is 5.10 Å². The van der Waals surface area contributed by atoms with Crippen LogP contribution in [0.4, 0.5) is 10.2 Å². The van der Waals surface area contributed by atoms with Crippen LogP contribution in [0.25, 0.3) is 22.4 Å². The van der Waals surface area contributed by atoms with Crippen LogP contribution in [0.2, 0.25) is 0 Å². The van der Waals surface area contributed by atoms with E-state index in [4.69, 9.17) is 5.10 Å². The highest BCUT2D eigenvalue weighted by Crippen LogP contribution is 2.33. The van der Waals surface area contributed by atoms with E-state index >= 15 is 0 Å². The van der Waals surface area contributed by atoms with Crippen LogP contribution in [0.1, 0.15) is 20.8 Å². The number of nitrogens with zero attached hydrogens (tertiary/aromatic N) is 3. The van der Waals surface area contributed by atoms with E-state index < -0.39 is 10.0 Å². The summed E-state index contributed by atoms with van der Waals surface area (Å²) >= 11 is 0. The molecule has 182 valence electrons. The molecule has 0 saturated heterocycles. The zero-order valence-electron chi connectivity index (χ0n) is 19.9. The average Bonchev–Trinajstić information content (AvgIpc) is 3.29. The molecule has 2 N–H and O–H groups in total. The van der Waals surface area contributed by atoms with Crippen LogP contribution in [0.3, 0.4) is 0 Å². The Bertz CT molecular complexity index is 1410. The number of nitrogens with one attached hydrogen (secondary N) is 2. The Hall–Kier alpha value is -3.56. The lowest BCUT2D eigenvalue weighted by Crippen LogP contribution is -2.29. The van der Waals surface area contributed by atoms with Gasteiger partial charge in [0, 0.05) is 36.6 Å². The number of halogens is 1. The van der Waals surface area contributed by atoms with Gasteiger partial charge in [-0.15, -0.1) is 0 Å². The minimum Gasteiger partial charge on any atom is -0.369 e. The van der Waals surface area contributed by atoms with Crippen molar-refractivity contribution in [1.29, 1.82) is 0 Å². The molecule has 0 aliphatic carbocycles. The minimum atomic E-state index is -3.57. The highest BCUT2D eigenvalue weighted by Gasteiger charge is 2.20. The normalized spacial score (nSPS) is 12.0. The van der Waals surface area contributed by atoms with Gasteiger partial charge in [-0.3, -0.25) is 4.68 Å². The summed E-state index contributed by atoms with van der Waals surface area (Å²) in [6, 6.07) is 18.4. The number of rotatable bonds is 8. The first kappa shape index (κ1) is 24.6. The molecule has 2 aromatic heterocycles. The predicted molar refractivity (Wildman–Crippen MR) is 136 cm³/mol. The summed E-state index contributed by atoms with van der Waals surface area (Å²) in [5.41, 5.74) is 2.81. The summed E-state index contributed by atoms with van der Waals surface area (Å²) in [6.45, 7) is 6.69. The summed E-state index contributed by atoms with van der Waals surface area (Å²) in [6.07, 6.45) is 3.63. The Kier molecular flexibility index (Phi) is 7.00. The molecule has 35 heavy (non-hydrogen) atoms. The third-order valence-electron chi connectivity index (χ3n) is 5.35. The van der Waals surface area contributed by atoms with Crippen molar-refractivity contribution < 1.29 is 12.8 Å². The molecule has 0 spiro atoms. The van der Waals surface area contributed by atoms with Gasteiger partial charge in [0.25, 0.3) is 0 Å². The van der Waals surface area contributed by atoms with Crippen molar-refractivity contribution in [3.63, 3.8) is 0 Å². The van der Waals surface area contributed by atoms with Crippen molar-refractivity contribution >= 4 is 15.8 Å². The fraction of sp³-hybridized carbons (Fsp3) is 0.231. The van der Waals surface area contributed by atoms with Crippen molar-refractivity contribution in [1.82, 2.24) is 19.5 Å². The fourth-order valence-electron chi connectivity index (χ4n) is 3.53. The van der Waals surface area contributed by atoms with E-state index in [1.807, 2.05) is 29.1 Å². The number of anilines is 1. The second-order valence-corrected chi connectivity index (χ2v) is 10.9. The Morgan fingerprint density at radius 1 is 0.943 bits per heavy atom. The van der Waals surface area contributed by atoms with Crippen molar-refractivity contribution in [2.24, 2.45) is 0 Å². The van der Waals surface area contributed by atoms with E-state index in [2.05, 4.69) is 35.8 Å².